The quantitative estimate of drug-likeness (QED) is 0.811. The number of halogens is 1. The Morgan fingerprint density at radius 2 is 1.79 bits per heavy atom. The zero-order valence-electron chi connectivity index (χ0n) is 16.9. The van der Waals surface area contributed by atoms with Crippen LogP contribution in [0.2, 0.25) is 0 Å². The van der Waals surface area contributed by atoms with Crippen molar-refractivity contribution in [2.24, 2.45) is 11.8 Å². The molecule has 0 radical (unpaired) electrons. The zero-order valence-corrected chi connectivity index (χ0v) is 16.9. The van der Waals surface area contributed by atoms with Gasteiger partial charge in [-0.05, 0) is 61.6 Å². The van der Waals surface area contributed by atoms with Gasteiger partial charge in [-0.15, -0.1) is 0 Å². The van der Waals surface area contributed by atoms with Crippen LogP contribution in [0.25, 0.3) is 0 Å². The number of rotatable bonds is 6. The molecule has 1 N–H and O–H groups in total. The topological polar surface area (TPSA) is 35.6 Å². The molecule has 2 fully saturated rings. The maximum Gasteiger partial charge on any atom is 0.224 e. The number of anilines is 1. The normalized spacial score (nSPS) is 22.6. The maximum atomic E-state index is 13.1. The minimum atomic E-state index is -0.203. The van der Waals surface area contributed by atoms with Crippen LogP contribution in [0, 0.1) is 17.7 Å². The molecule has 2 heterocycles. The third-order valence-electron chi connectivity index (χ3n) is 6.17. The summed E-state index contributed by atoms with van der Waals surface area (Å²) in [6, 6.07) is 17.2. The number of hydrogen-bond donors (Lipinski definition) is 1. The first-order valence-electron chi connectivity index (χ1n) is 10.7. The van der Waals surface area contributed by atoms with E-state index in [4.69, 9.17) is 0 Å². The van der Waals surface area contributed by atoms with Crippen molar-refractivity contribution >= 4 is 11.6 Å². The Hall–Kier alpha value is -2.40. The van der Waals surface area contributed by atoms with Crippen molar-refractivity contribution in [2.75, 3.05) is 37.6 Å². The zero-order chi connectivity index (χ0) is 20.1. The molecule has 0 aliphatic carbocycles. The molecule has 0 saturated carbocycles. The number of hydrogen-bond acceptors (Lipinski definition) is 3. The second kappa shape index (κ2) is 9.40. The highest BCUT2D eigenvalue weighted by atomic mass is 19.1. The van der Waals surface area contributed by atoms with Crippen LogP contribution in [0.5, 0.6) is 0 Å². The lowest BCUT2D eigenvalue weighted by Crippen LogP contribution is -2.43. The van der Waals surface area contributed by atoms with E-state index < -0.39 is 0 Å². The van der Waals surface area contributed by atoms with Crippen LogP contribution >= 0.6 is 0 Å². The van der Waals surface area contributed by atoms with Crippen molar-refractivity contribution in [1.82, 2.24) is 10.2 Å². The Kier molecular flexibility index (Phi) is 6.45. The Morgan fingerprint density at radius 1 is 1.00 bits per heavy atom. The number of nitrogens with one attached hydrogen (secondary N) is 1. The molecule has 2 aromatic rings. The van der Waals surface area contributed by atoms with E-state index in [1.165, 1.54) is 17.7 Å². The highest BCUT2D eigenvalue weighted by Crippen LogP contribution is 2.24. The summed E-state index contributed by atoms with van der Waals surface area (Å²) in [6.07, 6.45) is 3.11. The maximum absolute atomic E-state index is 13.1. The van der Waals surface area contributed by atoms with E-state index in [-0.39, 0.29) is 17.6 Å². The van der Waals surface area contributed by atoms with Crippen LogP contribution in [0.1, 0.15) is 24.8 Å². The Labute approximate surface area is 172 Å². The lowest BCUT2D eigenvalue weighted by Gasteiger charge is -2.32. The van der Waals surface area contributed by atoms with Gasteiger partial charge in [-0.3, -0.25) is 9.69 Å². The van der Waals surface area contributed by atoms with Crippen molar-refractivity contribution < 1.29 is 9.18 Å². The van der Waals surface area contributed by atoms with Crippen LogP contribution in [0.3, 0.4) is 0 Å². The minimum Gasteiger partial charge on any atom is -0.371 e. The van der Waals surface area contributed by atoms with E-state index in [2.05, 4.69) is 39.4 Å². The summed E-state index contributed by atoms with van der Waals surface area (Å²) in [7, 11) is 0. The second-order valence-corrected chi connectivity index (χ2v) is 8.38. The predicted molar refractivity (Wildman–Crippen MR) is 114 cm³/mol. The molecule has 2 saturated heterocycles. The summed E-state index contributed by atoms with van der Waals surface area (Å²) in [5.74, 6) is 0.531. The fourth-order valence-corrected chi connectivity index (χ4v) is 4.53. The van der Waals surface area contributed by atoms with Gasteiger partial charge >= 0.3 is 0 Å². The van der Waals surface area contributed by atoms with Crippen molar-refractivity contribution in [3.8, 4) is 0 Å². The van der Waals surface area contributed by atoms with Gasteiger partial charge in [0.25, 0.3) is 0 Å². The lowest BCUT2D eigenvalue weighted by molar-refractivity contribution is -0.126. The first-order valence-corrected chi connectivity index (χ1v) is 10.7. The molecule has 4 nitrogen and oxygen atoms in total. The van der Waals surface area contributed by atoms with Crippen molar-refractivity contribution in [3.05, 3.63) is 66.0 Å². The third-order valence-corrected chi connectivity index (χ3v) is 6.17. The first kappa shape index (κ1) is 19.9. The minimum absolute atomic E-state index is 0.0852. The SMILES string of the molecule is O=C(NC[C@@H]1CCN(c2ccc(F)cc2)C1)[C@@H]1CCCN(Cc2ccccc2)C1. The van der Waals surface area contributed by atoms with E-state index in [1.54, 1.807) is 0 Å². The van der Waals surface area contributed by atoms with Gasteiger partial charge in [-0.1, -0.05) is 30.3 Å². The van der Waals surface area contributed by atoms with Gasteiger partial charge in [0.05, 0.1) is 5.92 Å². The molecule has 2 aliphatic rings. The number of benzene rings is 2. The van der Waals surface area contributed by atoms with Crippen molar-refractivity contribution in [1.29, 1.82) is 0 Å². The smallest absolute Gasteiger partial charge is 0.224 e. The average Bonchev–Trinajstić information content (AvgIpc) is 3.22. The second-order valence-electron chi connectivity index (χ2n) is 8.38. The largest absolute Gasteiger partial charge is 0.371 e. The number of carbonyl (C=O) groups excluding carboxylic acids is 1. The van der Waals surface area contributed by atoms with Gasteiger partial charge < -0.3 is 10.2 Å². The van der Waals surface area contributed by atoms with Crippen LogP contribution < -0.4 is 10.2 Å². The monoisotopic (exact) mass is 395 g/mol. The average molecular weight is 396 g/mol. The Morgan fingerprint density at radius 3 is 2.59 bits per heavy atom. The molecule has 0 unspecified atom stereocenters. The molecule has 0 bridgehead atoms. The highest BCUT2D eigenvalue weighted by Gasteiger charge is 2.28. The van der Waals surface area contributed by atoms with E-state index in [0.29, 0.717) is 5.92 Å². The summed E-state index contributed by atoms with van der Waals surface area (Å²) in [5, 5.41) is 3.21. The third kappa shape index (κ3) is 5.36. The summed E-state index contributed by atoms with van der Waals surface area (Å²) < 4.78 is 13.1. The molecule has 2 aromatic carbocycles. The fraction of sp³-hybridized carbons (Fsp3) is 0.458. The molecular formula is C24H30FN3O. The summed E-state index contributed by atoms with van der Waals surface area (Å²) in [6.45, 7) is 5.42. The van der Waals surface area contributed by atoms with Crippen molar-refractivity contribution in [3.63, 3.8) is 0 Å². The van der Waals surface area contributed by atoms with Gasteiger partial charge in [0, 0.05) is 38.4 Å². The van der Waals surface area contributed by atoms with Crippen LogP contribution in [0.4, 0.5) is 10.1 Å². The molecule has 2 atom stereocenters. The van der Waals surface area contributed by atoms with Gasteiger partial charge in [-0.2, -0.15) is 0 Å². The first-order chi connectivity index (χ1) is 14.2. The highest BCUT2D eigenvalue weighted by molar-refractivity contribution is 5.79. The summed E-state index contributed by atoms with van der Waals surface area (Å²) in [5.41, 5.74) is 2.37. The molecule has 2 aliphatic heterocycles. The number of nitrogens with zero attached hydrogens (tertiary/aromatic N) is 2. The number of likely N-dealkylation sites (tertiary alicyclic amines) is 1. The number of piperidine rings is 1. The van der Waals surface area contributed by atoms with Crippen LogP contribution in [-0.4, -0.2) is 43.5 Å². The van der Waals surface area contributed by atoms with E-state index in [9.17, 15) is 9.18 Å². The molecular weight excluding hydrogens is 365 g/mol. The molecule has 29 heavy (non-hydrogen) atoms. The molecule has 4 rings (SSSR count). The summed E-state index contributed by atoms with van der Waals surface area (Å²) in [4.78, 5) is 17.4. The van der Waals surface area contributed by atoms with E-state index >= 15 is 0 Å². The Bertz CT molecular complexity index is 796. The van der Waals surface area contributed by atoms with Gasteiger partial charge in [0.2, 0.25) is 5.91 Å². The molecule has 0 spiro atoms. The standard InChI is InChI=1S/C24H30FN3O/c25-22-8-10-23(11-9-22)28-14-12-20(17-28)15-26-24(29)21-7-4-13-27(18-21)16-19-5-2-1-3-6-19/h1-3,5-6,8-11,20-21H,4,7,12-18H2,(H,26,29)/t20-,21+/m0/s1. The number of carbonyl (C=O) groups is 1. The lowest BCUT2D eigenvalue weighted by atomic mass is 9.96. The summed E-state index contributed by atoms with van der Waals surface area (Å²) >= 11 is 0. The van der Waals surface area contributed by atoms with E-state index in [1.807, 2.05) is 18.2 Å². The fourth-order valence-electron chi connectivity index (χ4n) is 4.53. The molecule has 0 aromatic heterocycles. The van der Waals surface area contributed by atoms with Gasteiger partial charge in [0.1, 0.15) is 5.82 Å². The molecule has 1 amide bonds. The Balaban J connectivity index is 1.23. The molecule has 154 valence electrons. The molecule has 5 heteroatoms. The predicted octanol–water partition coefficient (Wildman–Crippen LogP) is 3.68. The number of amides is 1. The van der Waals surface area contributed by atoms with E-state index in [0.717, 1.165) is 64.2 Å². The van der Waals surface area contributed by atoms with Gasteiger partial charge in [-0.25, -0.2) is 4.39 Å². The van der Waals surface area contributed by atoms with Gasteiger partial charge in [0.15, 0.2) is 0 Å². The van der Waals surface area contributed by atoms with Crippen LogP contribution in [0.15, 0.2) is 54.6 Å². The van der Waals surface area contributed by atoms with Crippen LogP contribution in [-0.2, 0) is 11.3 Å². The van der Waals surface area contributed by atoms with Crippen molar-refractivity contribution in [2.45, 2.75) is 25.8 Å².